The van der Waals surface area contributed by atoms with Crippen molar-refractivity contribution in [1.82, 2.24) is 4.90 Å². The van der Waals surface area contributed by atoms with Crippen molar-refractivity contribution in [3.05, 3.63) is 0 Å². The average molecular weight is 200 g/mol. The fraction of sp³-hybridized carbons (Fsp3) is 0.778. The third-order valence-electron chi connectivity index (χ3n) is 2.16. The van der Waals surface area contributed by atoms with Crippen LogP contribution >= 0.6 is 0 Å². The van der Waals surface area contributed by atoms with Gasteiger partial charge in [0.1, 0.15) is 6.04 Å². The molecular weight excluding hydrogens is 184 g/mol. The van der Waals surface area contributed by atoms with Crippen LogP contribution in [0.4, 0.5) is 0 Å². The van der Waals surface area contributed by atoms with Crippen LogP contribution in [0.1, 0.15) is 19.8 Å². The Hall–Kier alpha value is -1.10. The fourth-order valence-corrected chi connectivity index (χ4v) is 1.38. The van der Waals surface area contributed by atoms with Gasteiger partial charge >= 0.3 is 5.97 Å². The van der Waals surface area contributed by atoms with Crippen LogP contribution in [0.5, 0.6) is 0 Å². The van der Waals surface area contributed by atoms with Gasteiger partial charge in [0.25, 0.3) is 0 Å². The molecule has 1 saturated heterocycles. The van der Waals surface area contributed by atoms with Crippen LogP contribution in [0.3, 0.4) is 0 Å². The maximum atomic E-state index is 11.0. The molecule has 2 N–H and O–H groups in total. The molecule has 1 rings (SSSR count). The zero-order valence-corrected chi connectivity index (χ0v) is 8.36. The minimum atomic E-state index is -0.322. The van der Waals surface area contributed by atoms with Crippen LogP contribution in [0, 0.1) is 0 Å². The second kappa shape index (κ2) is 4.95. The van der Waals surface area contributed by atoms with Crippen molar-refractivity contribution in [2.45, 2.75) is 25.8 Å². The number of hydrogen-bond donors (Lipinski definition) is 1. The highest BCUT2D eigenvalue weighted by Crippen LogP contribution is 2.09. The summed E-state index contributed by atoms with van der Waals surface area (Å²) in [6, 6.07) is -0.322. The summed E-state index contributed by atoms with van der Waals surface area (Å²) in [4.78, 5) is 23.6. The molecule has 1 atom stereocenters. The van der Waals surface area contributed by atoms with Gasteiger partial charge in [0.2, 0.25) is 5.91 Å². The van der Waals surface area contributed by atoms with Crippen LogP contribution in [-0.2, 0) is 14.3 Å². The summed E-state index contributed by atoms with van der Waals surface area (Å²) in [6.07, 6.45) is 1.02. The zero-order chi connectivity index (χ0) is 10.6. The van der Waals surface area contributed by atoms with Crippen molar-refractivity contribution in [3.63, 3.8) is 0 Å². The predicted molar refractivity (Wildman–Crippen MR) is 50.4 cm³/mol. The molecule has 14 heavy (non-hydrogen) atoms. The number of carbonyl (C=O) groups is 2. The number of hydrogen-bond acceptors (Lipinski definition) is 4. The first kappa shape index (κ1) is 11.0. The lowest BCUT2D eigenvalue weighted by atomic mass is 10.1. The molecule has 1 fully saturated rings. The Morgan fingerprint density at radius 3 is 2.93 bits per heavy atom. The van der Waals surface area contributed by atoms with Gasteiger partial charge in [0.15, 0.2) is 0 Å². The fourth-order valence-electron chi connectivity index (χ4n) is 1.38. The Morgan fingerprint density at radius 1 is 1.71 bits per heavy atom. The topological polar surface area (TPSA) is 72.6 Å². The Balaban J connectivity index is 2.05. The molecule has 0 saturated carbocycles. The highest BCUT2D eigenvalue weighted by molar-refractivity contribution is 5.87. The number of nitrogens with two attached hydrogens (primary N) is 1. The third-order valence-corrected chi connectivity index (χ3v) is 2.16. The number of rotatable bonds is 5. The van der Waals surface area contributed by atoms with E-state index in [0.717, 1.165) is 0 Å². The SMILES string of the molecule is CCOC(=O)CCCN1CC(N)C1=O. The van der Waals surface area contributed by atoms with Crippen LogP contribution in [0.25, 0.3) is 0 Å². The van der Waals surface area contributed by atoms with Crippen LogP contribution in [-0.4, -0.2) is 42.5 Å². The van der Waals surface area contributed by atoms with Gasteiger partial charge < -0.3 is 15.4 Å². The van der Waals surface area contributed by atoms with E-state index in [1.165, 1.54) is 0 Å². The van der Waals surface area contributed by atoms with Crippen LogP contribution in [0.15, 0.2) is 0 Å². The Morgan fingerprint density at radius 2 is 2.43 bits per heavy atom. The first-order chi connectivity index (χ1) is 6.65. The van der Waals surface area contributed by atoms with E-state index in [2.05, 4.69) is 0 Å². The molecule has 0 aromatic heterocycles. The highest BCUT2D eigenvalue weighted by Gasteiger charge is 2.32. The van der Waals surface area contributed by atoms with Gasteiger partial charge in [-0.2, -0.15) is 0 Å². The molecule has 0 radical (unpaired) electrons. The van der Waals surface area contributed by atoms with E-state index in [1.54, 1.807) is 11.8 Å². The Bertz CT molecular complexity index is 230. The molecule has 0 spiro atoms. The molecule has 1 amide bonds. The van der Waals surface area contributed by atoms with Gasteiger partial charge in [0.05, 0.1) is 6.61 Å². The first-order valence-electron chi connectivity index (χ1n) is 4.85. The van der Waals surface area contributed by atoms with Crippen LogP contribution < -0.4 is 5.73 Å². The molecule has 1 aliphatic rings. The molecule has 0 bridgehead atoms. The summed E-state index contributed by atoms with van der Waals surface area (Å²) < 4.78 is 4.76. The third kappa shape index (κ3) is 2.70. The minimum Gasteiger partial charge on any atom is -0.466 e. The monoisotopic (exact) mass is 200 g/mol. The second-order valence-corrected chi connectivity index (χ2v) is 3.30. The van der Waals surface area contributed by atoms with E-state index in [9.17, 15) is 9.59 Å². The van der Waals surface area contributed by atoms with Crippen molar-refractivity contribution in [2.75, 3.05) is 19.7 Å². The average Bonchev–Trinajstić information content (AvgIpc) is 2.16. The van der Waals surface area contributed by atoms with E-state index in [0.29, 0.717) is 32.5 Å². The Labute approximate surface area is 83.2 Å². The number of esters is 1. The summed E-state index contributed by atoms with van der Waals surface area (Å²) >= 11 is 0. The van der Waals surface area contributed by atoms with E-state index in [4.69, 9.17) is 10.5 Å². The van der Waals surface area contributed by atoms with Gasteiger partial charge in [-0.15, -0.1) is 0 Å². The first-order valence-corrected chi connectivity index (χ1v) is 4.85. The number of β-lactam (4-membered cyclic amide) rings is 1. The molecular formula is C9H16N2O3. The number of nitrogens with zero attached hydrogens (tertiary/aromatic N) is 1. The largest absolute Gasteiger partial charge is 0.466 e. The van der Waals surface area contributed by atoms with Crippen LogP contribution in [0.2, 0.25) is 0 Å². The summed E-state index contributed by atoms with van der Waals surface area (Å²) in [6.45, 7) is 3.40. The molecule has 0 aliphatic carbocycles. The molecule has 1 aliphatic heterocycles. The maximum Gasteiger partial charge on any atom is 0.305 e. The smallest absolute Gasteiger partial charge is 0.305 e. The van der Waals surface area contributed by atoms with Crippen molar-refractivity contribution in [1.29, 1.82) is 0 Å². The summed E-state index contributed by atoms with van der Waals surface area (Å²) in [5.74, 6) is -0.223. The lowest BCUT2D eigenvalue weighted by molar-refractivity contribution is -0.146. The maximum absolute atomic E-state index is 11.0. The number of carbonyl (C=O) groups excluding carboxylic acids is 2. The quantitative estimate of drug-likeness (QED) is 0.479. The molecule has 80 valence electrons. The normalized spacial score (nSPS) is 20.6. The minimum absolute atomic E-state index is 0.0196. The second-order valence-electron chi connectivity index (χ2n) is 3.30. The molecule has 1 heterocycles. The van der Waals surface area contributed by atoms with Gasteiger partial charge in [-0.1, -0.05) is 0 Å². The zero-order valence-electron chi connectivity index (χ0n) is 8.36. The van der Waals surface area contributed by atoms with Crippen molar-refractivity contribution < 1.29 is 14.3 Å². The summed E-state index contributed by atoms with van der Waals surface area (Å²) in [7, 11) is 0. The predicted octanol–water partition coefficient (Wildman–Crippen LogP) is -0.501. The number of amides is 1. The number of likely N-dealkylation sites (tertiary alicyclic amines) is 1. The Kier molecular flexibility index (Phi) is 3.88. The standard InChI is InChI=1S/C9H16N2O3/c1-2-14-8(12)4-3-5-11-6-7(10)9(11)13/h7H,2-6,10H2,1H3. The molecule has 0 aromatic carbocycles. The van der Waals surface area contributed by atoms with Crippen molar-refractivity contribution in [3.8, 4) is 0 Å². The lowest BCUT2D eigenvalue weighted by Crippen LogP contribution is -2.60. The van der Waals surface area contributed by atoms with E-state index >= 15 is 0 Å². The van der Waals surface area contributed by atoms with Crippen molar-refractivity contribution in [2.24, 2.45) is 5.73 Å². The molecule has 5 heteroatoms. The summed E-state index contributed by atoms with van der Waals surface area (Å²) in [5, 5.41) is 0. The molecule has 1 unspecified atom stereocenters. The van der Waals surface area contributed by atoms with E-state index < -0.39 is 0 Å². The van der Waals surface area contributed by atoms with Gasteiger partial charge in [-0.3, -0.25) is 9.59 Å². The molecule has 0 aromatic rings. The van der Waals surface area contributed by atoms with E-state index in [1.807, 2.05) is 0 Å². The van der Waals surface area contributed by atoms with E-state index in [-0.39, 0.29) is 17.9 Å². The van der Waals surface area contributed by atoms with Gasteiger partial charge in [-0.25, -0.2) is 0 Å². The molecule has 5 nitrogen and oxygen atoms in total. The van der Waals surface area contributed by atoms with Gasteiger partial charge in [0, 0.05) is 19.5 Å². The number of ether oxygens (including phenoxy) is 1. The van der Waals surface area contributed by atoms with Crippen molar-refractivity contribution >= 4 is 11.9 Å². The summed E-state index contributed by atoms with van der Waals surface area (Å²) in [5.41, 5.74) is 5.41. The van der Waals surface area contributed by atoms with Gasteiger partial charge in [-0.05, 0) is 13.3 Å². The highest BCUT2D eigenvalue weighted by atomic mass is 16.5. The lowest BCUT2D eigenvalue weighted by Gasteiger charge is -2.36.